The molecule has 1 aliphatic heterocycles. The van der Waals surface area contributed by atoms with Crippen molar-refractivity contribution in [2.75, 3.05) is 32.8 Å². The van der Waals surface area contributed by atoms with E-state index in [0.29, 0.717) is 19.6 Å². The van der Waals surface area contributed by atoms with Gasteiger partial charge in [0.05, 0.1) is 12.7 Å². The molecule has 0 radical (unpaired) electrons. The first kappa shape index (κ1) is 22.1. The molecule has 3 N–H and O–H groups in total. The molecule has 1 saturated heterocycles. The van der Waals surface area contributed by atoms with Crippen molar-refractivity contribution >= 4 is 6.03 Å². The summed E-state index contributed by atoms with van der Waals surface area (Å²) in [5.74, 6) is 0.875. The normalized spacial score (nSPS) is 15.4. The zero-order chi connectivity index (χ0) is 21.0. The van der Waals surface area contributed by atoms with Crippen molar-refractivity contribution in [2.45, 2.75) is 38.3 Å². The number of nitrogens with one attached hydrogen (secondary N) is 2. The van der Waals surface area contributed by atoms with Crippen LogP contribution in [0.5, 0.6) is 5.75 Å². The van der Waals surface area contributed by atoms with Gasteiger partial charge in [0.15, 0.2) is 0 Å². The van der Waals surface area contributed by atoms with Gasteiger partial charge >= 0.3 is 6.03 Å². The van der Waals surface area contributed by atoms with Gasteiger partial charge in [0, 0.05) is 19.6 Å². The molecule has 1 aliphatic rings. The molecule has 0 saturated carbocycles. The van der Waals surface area contributed by atoms with E-state index in [9.17, 15) is 9.90 Å². The van der Waals surface area contributed by atoms with E-state index in [1.165, 1.54) is 37.9 Å². The van der Waals surface area contributed by atoms with Gasteiger partial charge in [-0.05, 0) is 55.6 Å². The van der Waals surface area contributed by atoms with Crippen LogP contribution in [0, 0.1) is 0 Å². The fraction of sp³-hybridized carbons (Fsp3) is 0.458. The summed E-state index contributed by atoms with van der Waals surface area (Å²) in [6, 6.07) is 17.3. The number of carbonyl (C=O) groups is 1. The Morgan fingerprint density at radius 2 is 1.83 bits per heavy atom. The lowest BCUT2D eigenvalue weighted by Gasteiger charge is -2.26. The number of likely N-dealkylation sites (tertiary alicyclic amines) is 1. The van der Waals surface area contributed by atoms with Crippen molar-refractivity contribution in [3.63, 3.8) is 0 Å². The highest BCUT2D eigenvalue weighted by atomic mass is 16.5. The molecule has 6 nitrogen and oxygen atoms in total. The van der Waals surface area contributed by atoms with Gasteiger partial charge in [-0.1, -0.05) is 48.9 Å². The van der Waals surface area contributed by atoms with Gasteiger partial charge in [0.2, 0.25) is 0 Å². The number of nitrogens with zero attached hydrogens (tertiary/aromatic N) is 1. The number of urea groups is 1. The van der Waals surface area contributed by atoms with E-state index < -0.39 is 6.10 Å². The number of benzene rings is 2. The lowest BCUT2D eigenvalue weighted by molar-refractivity contribution is 0.173. The maximum atomic E-state index is 11.9. The summed E-state index contributed by atoms with van der Waals surface area (Å²) in [5.41, 5.74) is 2.07. The van der Waals surface area contributed by atoms with Crippen LogP contribution in [0.25, 0.3) is 0 Å². The van der Waals surface area contributed by atoms with Gasteiger partial charge in [-0.3, -0.25) is 4.90 Å². The molecule has 1 atom stereocenters. The molecule has 6 heteroatoms. The largest absolute Gasteiger partial charge is 0.494 e. The Bertz CT molecular complexity index is 763. The fourth-order valence-corrected chi connectivity index (χ4v) is 3.62. The highest BCUT2D eigenvalue weighted by molar-refractivity contribution is 5.73. The molecule has 2 amide bonds. The Kier molecular flexibility index (Phi) is 9.00. The predicted octanol–water partition coefficient (Wildman–Crippen LogP) is 3.47. The van der Waals surface area contributed by atoms with Crippen molar-refractivity contribution in [1.82, 2.24) is 15.5 Å². The highest BCUT2D eigenvalue weighted by Gasteiger charge is 2.11. The standard InChI is InChI=1S/C24H33N3O3/c28-23(21-10-3-1-4-11-21)18-26-24(29)25-13-8-16-30-22-12-7-9-20(17-22)19-27-14-5-2-6-15-27/h1,3-4,7,9-12,17,23,28H,2,5-6,8,13-16,18-19H2,(H2,25,26,29). The van der Waals surface area contributed by atoms with Crippen LogP contribution < -0.4 is 15.4 Å². The number of aliphatic hydroxyl groups excluding tert-OH is 1. The first-order valence-corrected chi connectivity index (χ1v) is 10.9. The van der Waals surface area contributed by atoms with E-state index in [-0.39, 0.29) is 12.6 Å². The lowest BCUT2D eigenvalue weighted by atomic mass is 10.1. The number of piperidine rings is 1. The quantitative estimate of drug-likeness (QED) is 0.524. The molecule has 2 aromatic rings. The number of rotatable bonds is 10. The molecule has 1 fully saturated rings. The first-order chi connectivity index (χ1) is 14.7. The molecular formula is C24H33N3O3. The van der Waals surface area contributed by atoms with Gasteiger partial charge < -0.3 is 20.5 Å². The Morgan fingerprint density at radius 1 is 1.03 bits per heavy atom. The average molecular weight is 412 g/mol. The summed E-state index contributed by atoms with van der Waals surface area (Å²) in [6.45, 7) is 4.58. The van der Waals surface area contributed by atoms with E-state index >= 15 is 0 Å². The van der Waals surface area contributed by atoms with Crippen LogP contribution in [-0.2, 0) is 6.54 Å². The third-order valence-electron chi connectivity index (χ3n) is 5.27. The summed E-state index contributed by atoms with van der Waals surface area (Å²) in [6.07, 6.45) is 3.94. The molecule has 30 heavy (non-hydrogen) atoms. The minimum absolute atomic E-state index is 0.177. The average Bonchev–Trinajstić information content (AvgIpc) is 2.79. The summed E-state index contributed by atoms with van der Waals surface area (Å²) in [5, 5.41) is 15.5. The molecule has 0 bridgehead atoms. The zero-order valence-corrected chi connectivity index (χ0v) is 17.6. The zero-order valence-electron chi connectivity index (χ0n) is 17.6. The minimum Gasteiger partial charge on any atom is -0.494 e. The second kappa shape index (κ2) is 12.2. The number of hydrogen-bond acceptors (Lipinski definition) is 4. The van der Waals surface area contributed by atoms with E-state index in [1.54, 1.807) is 0 Å². The number of amides is 2. The van der Waals surface area contributed by atoms with Crippen molar-refractivity contribution in [1.29, 1.82) is 0 Å². The Hall–Kier alpha value is -2.57. The van der Waals surface area contributed by atoms with Crippen LogP contribution >= 0.6 is 0 Å². The second-order valence-electron chi connectivity index (χ2n) is 7.75. The number of aliphatic hydroxyl groups is 1. The predicted molar refractivity (Wildman–Crippen MR) is 118 cm³/mol. The van der Waals surface area contributed by atoms with Gasteiger partial charge in [0.1, 0.15) is 5.75 Å². The van der Waals surface area contributed by atoms with E-state index in [0.717, 1.165) is 17.9 Å². The molecule has 0 aromatic heterocycles. The highest BCUT2D eigenvalue weighted by Crippen LogP contribution is 2.17. The van der Waals surface area contributed by atoms with Crippen LogP contribution in [0.3, 0.4) is 0 Å². The molecular weight excluding hydrogens is 378 g/mol. The van der Waals surface area contributed by atoms with Gasteiger partial charge in [-0.2, -0.15) is 0 Å². The summed E-state index contributed by atoms with van der Waals surface area (Å²) < 4.78 is 5.84. The second-order valence-corrected chi connectivity index (χ2v) is 7.75. The summed E-state index contributed by atoms with van der Waals surface area (Å²) >= 11 is 0. The monoisotopic (exact) mass is 411 g/mol. The lowest BCUT2D eigenvalue weighted by Crippen LogP contribution is -2.38. The third-order valence-corrected chi connectivity index (χ3v) is 5.27. The number of ether oxygens (including phenoxy) is 1. The van der Waals surface area contributed by atoms with Crippen molar-refractivity contribution in [3.8, 4) is 5.75 Å². The summed E-state index contributed by atoms with van der Waals surface area (Å²) in [4.78, 5) is 14.4. The number of carbonyl (C=O) groups excluding carboxylic acids is 1. The maximum absolute atomic E-state index is 11.9. The number of hydrogen-bond donors (Lipinski definition) is 3. The first-order valence-electron chi connectivity index (χ1n) is 10.9. The topological polar surface area (TPSA) is 73.8 Å². The van der Waals surface area contributed by atoms with Crippen LogP contribution in [0.4, 0.5) is 4.79 Å². The van der Waals surface area contributed by atoms with Crippen molar-refractivity contribution in [2.24, 2.45) is 0 Å². The summed E-state index contributed by atoms with van der Waals surface area (Å²) in [7, 11) is 0. The van der Waals surface area contributed by atoms with E-state index in [2.05, 4.69) is 27.7 Å². The fourth-order valence-electron chi connectivity index (χ4n) is 3.62. The van der Waals surface area contributed by atoms with Crippen molar-refractivity contribution < 1.29 is 14.6 Å². The van der Waals surface area contributed by atoms with Gasteiger partial charge in [0.25, 0.3) is 0 Å². The molecule has 2 aromatic carbocycles. The molecule has 0 aliphatic carbocycles. The Balaban J connectivity index is 1.28. The van der Waals surface area contributed by atoms with Crippen LogP contribution in [0.2, 0.25) is 0 Å². The van der Waals surface area contributed by atoms with Crippen molar-refractivity contribution in [3.05, 3.63) is 65.7 Å². The molecule has 1 heterocycles. The Labute approximate surface area is 179 Å². The molecule has 3 rings (SSSR count). The van der Waals surface area contributed by atoms with E-state index in [4.69, 9.17) is 4.74 Å². The SMILES string of the molecule is O=C(NCCCOc1cccc(CN2CCCCC2)c1)NCC(O)c1ccccc1. The maximum Gasteiger partial charge on any atom is 0.314 e. The molecule has 1 unspecified atom stereocenters. The Morgan fingerprint density at radius 3 is 2.63 bits per heavy atom. The molecule has 162 valence electrons. The third kappa shape index (κ3) is 7.69. The molecule has 0 spiro atoms. The van der Waals surface area contributed by atoms with Gasteiger partial charge in [-0.25, -0.2) is 4.79 Å². The van der Waals surface area contributed by atoms with Crippen LogP contribution in [-0.4, -0.2) is 48.8 Å². The minimum atomic E-state index is -0.711. The van der Waals surface area contributed by atoms with E-state index in [1.807, 2.05) is 42.5 Å². The van der Waals surface area contributed by atoms with Gasteiger partial charge in [-0.15, -0.1) is 0 Å². The smallest absolute Gasteiger partial charge is 0.314 e. The van der Waals surface area contributed by atoms with Crippen LogP contribution in [0.1, 0.15) is 42.9 Å². The van der Waals surface area contributed by atoms with Crippen LogP contribution in [0.15, 0.2) is 54.6 Å².